The second kappa shape index (κ2) is 10.0. The van der Waals surface area contributed by atoms with E-state index in [0.29, 0.717) is 24.6 Å². The van der Waals surface area contributed by atoms with Gasteiger partial charge < -0.3 is 16.0 Å². The van der Waals surface area contributed by atoms with Crippen molar-refractivity contribution in [2.24, 2.45) is 10.9 Å². The number of rotatable bonds is 6. The van der Waals surface area contributed by atoms with E-state index in [2.05, 4.69) is 20.9 Å². The Kier molecular flexibility index (Phi) is 7.22. The lowest BCUT2D eigenvalue weighted by Gasteiger charge is -2.14. The standard InChI is InChI=1S/C23H29FN4O/c1-16-10-11-18(13-21(16)24)15-27-23(25-2)26-14-17-6-5-9-20(12-17)28-22(29)19-7-3-4-8-19/h5-6,9-13,19H,3-4,7-8,14-15H2,1-2H3,(H,28,29)(H2,25,26,27). The van der Waals surface area contributed by atoms with Crippen LogP contribution in [-0.2, 0) is 17.9 Å². The van der Waals surface area contributed by atoms with E-state index < -0.39 is 0 Å². The molecule has 6 heteroatoms. The van der Waals surface area contributed by atoms with Crippen molar-refractivity contribution in [2.45, 2.75) is 45.7 Å². The van der Waals surface area contributed by atoms with E-state index in [1.165, 1.54) is 6.07 Å². The largest absolute Gasteiger partial charge is 0.352 e. The zero-order valence-electron chi connectivity index (χ0n) is 17.1. The van der Waals surface area contributed by atoms with Crippen molar-refractivity contribution in [3.8, 4) is 0 Å². The minimum atomic E-state index is -0.205. The lowest BCUT2D eigenvalue weighted by molar-refractivity contribution is -0.119. The molecule has 1 amide bonds. The Bertz CT molecular complexity index is 875. The van der Waals surface area contributed by atoms with Crippen LogP contribution in [0.1, 0.15) is 42.4 Å². The van der Waals surface area contributed by atoms with Crippen molar-refractivity contribution in [2.75, 3.05) is 12.4 Å². The van der Waals surface area contributed by atoms with Crippen LogP contribution in [0.2, 0.25) is 0 Å². The number of aliphatic imine (C=N–C) groups is 1. The van der Waals surface area contributed by atoms with E-state index in [4.69, 9.17) is 0 Å². The van der Waals surface area contributed by atoms with Gasteiger partial charge in [0.15, 0.2) is 5.96 Å². The average molecular weight is 397 g/mol. The first-order valence-corrected chi connectivity index (χ1v) is 10.1. The van der Waals surface area contributed by atoms with Crippen molar-refractivity contribution in [3.63, 3.8) is 0 Å². The molecule has 3 N–H and O–H groups in total. The Morgan fingerprint density at radius 1 is 1.07 bits per heavy atom. The number of benzene rings is 2. The number of nitrogens with one attached hydrogen (secondary N) is 3. The minimum absolute atomic E-state index is 0.121. The molecule has 3 rings (SSSR count). The molecule has 0 radical (unpaired) electrons. The number of hydrogen-bond acceptors (Lipinski definition) is 2. The molecule has 1 saturated carbocycles. The summed E-state index contributed by atoms with van der Waals surface area (Å²) >= 11 is 0. The summed E-state index contributed by atoms with van der Waals surface area (Å²) in [4.78, 5) is 16.5. The van der Waals surface area contributed by atoms with Crippen LogP contribution in [0.15, 0.2) is 47.5 Å². The fraction of sp³-hybridized carbons (Fsp3) is 0.391. The molecule has 2 aromatic rings. The summed E-state index contributed by atoms with van der Waals surface area (Å²) in [5, 5.41) is 9.47. The summed E-state index contributed by atoms with van der Waals surface area (Å²) in [5.41, 5.74) is 3.35. The Labute approximate surface area is 171 Å². The van der Waals surface area contributed by atoms with Gasteiger partial charge in [-0.15, -0.1) is 0 Å². The van der Waals surface area contributed by atoms with Crippen molar-refractivity contribution in [1.29, 1.82) is 0 Å². The Balaban J connectivity index is 1.51. The lowest BCUT2D eigenvalue weighted by atomic mass is 10.1. The smallest absolute Gasteiger partial charge is 0.227 e. The highest BCUT2D eigenvalue weighted by Gasteiger charge is 2.22. The number of halogens is 1. The minimum Gasteiger partial charge on any atom is -0.352 e. The third kappa shape index (κ3) is 6.04. The molecular weight excluding hydrogens is 367 g/mol. The first-order chi connectivity index (χ1) is 14.0. The van der Waals surface area contributed by atoms with Crippen molar-refractivity contribution >= 4 is 17.6 Å². The van der Waals surface area contributed by atoms with Crippen LogP contribution in [-0.4, -0.2) is 18.9 Å². The summed E-state index contributed by atoms with van der Waals surface area (Å²) in [6, 6.07) is 13.0. The van der Waals surface area contributed by atoms with Gasteiger partial charge in [-0.1, -0.05) is 37.1 Å². The number of aryl methyl sites for hydroxylation is 1. The van der Waals surface area contributed by atoms with E-state index in [1.807, 2.05) is 30.3 Å². The normalized spacial score (nSPS) is 14.7. The second-order valence-electron chi connectivity index (χ2n) is 7.53. The first-order valence-electron chi connectivity index (χ1n) is 10.1. The number of carbonyl (C=O) groups is 1. The Hall–Kier alpha value is -2.89. The molecule has 0 unspecified atom stereocenters. The van der Waals surface area contributed by atoms with E-state index in [0.717, 1.165) is 42.5 Å². The molecule has 0 aromatic heterocycles. The Morgan fingerprint density at radius 3 is 2.41 bits per heavy atom. The maximum absolute atomic E-state index is 13.7. The zero-order valence-corrected chi connectivity index (χ0v) is 17.1. The highest BCUT2D eigenvalue weighted by Crippen LogP contribution is 2.26. The summed E-state index contributed by atoms with van der Waals surface area (Å²) in [7, 11) is 1.70. The molecule has 5 nitrogen and oxygen atoms in total. The van der Waals surface area contributed by atoms with Crippen LogP contribution in [0.5, 0.6) is 0 Å². The maximum atomic E-state index is 13.7. The number of nitrogens with zero attached hydrogens (tertiary/aromatic N) is 1. The van der Waals surface area contributed by atoms with E-state index in [1.54, 1.807) is 20.0 Å². The summed E-state index contributed by atoms with van der Waals surface area (Å²) in [6.07, 6.45) is 4.26. The molecule has 0 saturated heterocycles. The van der Waals surface area contributed by atoms with Crippen LogP contribution < -0.4 is 16.0 Å². The molecule has 0 spiro atoms. The predicted octanol–water partition coefficient (Wildman–Crippen LogP) is 4.13. The van der Waals surface area contributed by atoms with E-state index >= 15 is 0 Å². The summed E-state index contributed by atoms with van der Waals surface area (Å²) in [5.74, 6) is 0.692. The van der Waals surface area contributed by atoms with E-state index in [9.17, 15) is 9.18 Å². The second-order valence-corrected chi connectivity index (χ2v) is 7.53. The van der Waals surface area contributed by atoms with E-state index in [-0.39, 0.29) is 17.6 Å². The van der Waals surface area contributed by atoms with Gasteiger partial charge in [-0.2, -0.15) is 0 Å². The van der Waals surface area contributed by atoms with Gasteiger partial charge in [-0.25, -0.2) is 4.39 Å². The molecule has 0 atom stereocenters. The number of anilines is 1. The fourth-order valence-electron chi connectivity index (χ4n) is 3.53. The van der Waals surface area contributed by atoms with Crippen LogP contribution in [0.4, 0.5) is 10.1 Å². The van der Waals surface area contributed by atoms with Crippen molar-refractivity contribution in [3.05, 3.63) is 65.0 Å². The van der Waals surface area contributed by atoms with Gasteiger partial charge in [0.25, 0.3) is 0 Å². The van der Waals surface area contributed by atoms with Gasteiger partial charge in [0.05, 0.1) is 0 Å². The predicted molar refractivity (Wildman–Crippen MR) is 115 cm³/mol. The molecule has 29 heavy (non-hydrogen) atoms. The highest BCUT2D eigenvalue weighted by atomic mass is 19.1. The fourth-order valence-corrected chi connectivity index (χ4v) is 3.53. The monoisotopic (exact) mass is 396 g/mol. The van der Waals surface area contributed by atoms with Crippen LogP contribution >= 0.6 is 0 Å². The van der Waals surface area contributed by atoms with Crippen LogP contribution in [0.3, 0.4) is 0 Å². The molecule has 154 valence electrons. The molecule has 1 aliphatic carbocycles. The number of hydrogen-bond donors (Lipinski definition) is 3. The van der Waals surface area contributed by atoms with Crippen LogP contribution in [0.25, 0.3) is 0 Å². The number of guanidine groups is 1. The van der Waals surface area contributed by atoms with Gasteiger partial charge in [-0.3, -0.25) is 9.79 Å². The third-order valence-electron chi connectivity index (χ3n) is 5.30. The summed E-state index contributed by atoms with van der Waals surface area (Å²) < 4.78 is 13.7. The molecule has 2 aromatic carbocycles. The van der Waals surface area contributed by atoms with Gasteiger partial charge in [0.2, 0.25) is 5.91 Å². The topological polar surface area (TPSA) is 65.5 Å². The van der Waals surface area contributed by atoms with Crippen molar-refractivity contribution < 1.29 is 9.18 Å². The first kappa shape index (κ1) is 20.8. The third-order valence-corrected chi connectivity index (χ3v) is 5.30. The highest BCUT2D eigenvalue weighted by molar-refractivity contribution is 5.92. The van der Waals surface area contributed by atoms with Gasteiger partial charge in [0, 0.05) is 31.7 Å². The molecule has 1 fully saturated rings. The van der Waals surface area contributed by atoms with Gasteiger partial charge >= 0.3 is 0 Å². The van der Waals surface area contributed by atoms with Gasteiger partial charge in [-0.05, 0) is 54.7 Å². The lowest BCUT2D eigenvalue weighted by Crippen LogP contribution is -2.36. The molecule has 0 aliphatic heterocycles. The quantitative estimate of drug-likeness (QED) is 0.508. The summed E-state index contributed by atoms with van der Waals surface area (Å²) in [6.45, 7) is 2.79. The van der Waals surface area contributed by atoms with Crippen molar-refractivity contribution in [1.82, 2.24) is 10.6 Å². The average Bonchev–Trinajstić information content (AvgIpc) is 3.26. The maximum Gasteiger partial charge on any atom is 0.227 e. The molecule has 1 aliphatic rings. The Morgan fingerprint density at radius 2 is 1.76 bits per heavy atom. The van der Waals surface area contributed by atoms with Gasteiger partial charge in [0.1, 0.15) is 5.82 Å². The zero-order chi connectivity index (χ0) is 20.6. The number of carbonyl (C=O) groups excluding carboxylic acids is 1. The number of amides is 1. The molecule has 0 bridgehead atoms. The SMILES string of the molecule is CN=C(NCc1cccc(NC(=O)C2CCCC2)c1)NCc1ccc(C)c(F)c1. The molecule has 0 heterocycles. The van der Waals surface area contributed by atoms with Crippen LogP contribution in [0, 0.1) is 18.7 Å². The molecular formula is C23H29FN4O.